The maximum absolute atomic E-state index is 13.3. The van der Waals surface area contributed by atoms with Crippen molar-refractivity contribution in [3.05, 3.63) is 87.6 Å². The molecule has 3 aromatic carbocycles. The molecule has 5 aromatic rings. The molecule has 0 aliphatic carbocycles. The van der Waals surface area contributed by atoms with E-state index >= 15 is 0 Å². The first-order valence-corrected chi connectivity index (χ1v) is 10.0. The predicted molar refractivity (Wildman–Crippen MR) is 124 cm³/mol. The molecule has 2 heterocycles. The third-order valence-electron chi connectivity index (χ3n) is 5.54. The summed E-state index contributed by atoms with van der Waals surface area (Å²) in [6.07, 6.45) is 2.63. The Balaban J connectivity index is 1.79. The third-order valence-corrected chi connectivity index (χ3v) is 5.54. The molecule has 1 N–H and O–H groups in total. The summed E-state index contributed by atoms with van der Waals surface area (Å²) < 4.78 is 21.7. The molecule has 164 valence electrons. The molecule has 0 saturated carbocycles. The van der Waals surface area contributed by atoms with Gasteiger partial charge in [0.1, 0.15) is 51.7 Å². The molecule has 0 fully saturated rings. The highest BCUT2D eigenvalue weighted by Gasteiger charge is 2.20. The molecule has 0 bridgehead atoms. The van der Waals surface area contributed by atoms with Gasteiger partial charge in [-0.2, -0.15) is 0 Å². The minimum Gasteiger partial charge on any atom is -0.506 e. The van der Waals surface area contributed by atoms with Crippen LogP contribution in [0.15, 0.2) is 85.5 Å². The van der Waals surface area contributed by atoms with Crippen LogP contribution in [0.2, 0.25) is 0 Å². The number of aromatic hydroxyl groups is 1. The van der Waals surface area contributed by atoms with E-state index in [9.17, 15) is 14.7 Å². The van der Waals surface area contributed by atoms with Gasteiger partial charge in [-0.25, -0.2) is 0 Å². The number of methoxy groups -OCH3 is 2. The normalized spacial score (nSPS) is 11.1. The molecule has 2 aromatic heterocycles. The molecule has 7 nitrogen and oxygen atoms in total. The van der Waals surface area contributed by atoms with Crippen molar-refractivity contribution < 1.29 is 23.4 Å². The lowest BCUT2D eigenvalue weighted by molar-refractivity contribution is 0.415. The fourth-order valence-electron chi connectivity index (χ4n) is 3.85. The summed E-state index contributed by atoms with van der Waals surface area (Å²) in [4.78, 5) is 26.7. The van der Waals surface area contributed by atoms with Crippen molar-refractivity contribution in [1.82, 2.24) is 0 Å². The van der Waals surface area contributed by atoms with Crippen LogP contribution < -0.4 is 20.3 Å². The lowest BCUT2D eigenvalue weighted by atomic mass is 10.0. The molecule has 5 rings (SSSR count). The Morgan fingerprint density at radius 3 is 1.58 bits per heavy atom. The number of fused-ring (bicyclic) bond motifs is 2. The van der Waals surface area contributed by atoms with E-state index in [0.717, 1.165) is 0 Å². The summed E-state index contributed by atoms with van der Waals surface area (Å²) in [6, 6.07) is 15.3. The zero-order chi connectivity index (χ0) is 23.1. The summed E-state index contributed by atoms with van der Waals surface area (Å²) in [7, 11) is 3.05. The first kappa shape index (κ1) is 20.4. The van der Waals surface area contributed by atoms with E-state index in [1.54, 1.807) is 48.5 Å². The van der Waals surface area contributed by atoms with Crippen LogP contribution in [0.1, 0.15) is 0 Å². The van der Waals surface area contributed by atoms with Gasteiger partial charge < -0.3 is 23.4 Å². The highest BCUT2D eigenvalue weighted by Crippen LogP contribution is 2.34. The summed E-state index contributed by atoms with van der Waals surface area (Å²) in [6.45, 7) is 0. The van der Waals surface area contributed by atoms with E-state index in [2.05, 4.69) is 0 Å². The monoisotopic (exact) mass is 442 g/mol. The van der Waals surface area contributed by atoms with Gasteiger partial charge in [-0.1, -0.05) is 24.3 Å². The van der Waals surface area contributed by atoms with Crippen molar-refractivity contribution in [2.24, 2.45) is 0 Å². The molecule has 0 aliphatic heterocycles. The molecular weight excluding hydrogens is 424 g/mol. The Kier molecular flexibility index (Phi) is 4.86. The van der Waals surface area contributed by atoms with Gasteiger partial charge in [0, 0.05) is 6.07 Å². The van der Waals surface area contributed by atoms with Gasteiger partial charge in [-0.15, -0.1) is 0 Å². The number of benzene rings is 3. The molecule has 0 aliphatic rings. The Bertz CT molecular complexity index is 1520. The Hall–Kier alpha value is -4.52. The maximum Gasteiger partial charge on any atom is 0.204 e. The fourth-order valence-corrected chi connectivity index (χ4v) is 3.85. The minimum atomic E-state index is -0.487. The first-order valence-electron chi connectivity index (χ1n) is 10.0. The molecule has 0 unspecified atom stereocenters. The van der Waals surface area contributed by atoms with Gasteiger partial charge in [-0.3, -0.25) is 9.59 Å². The topological polar surface area (TPSA) is 99.1 Å². The van der Waals surface area contributed by atoms with E-state index in [0.29, 0.717) is 22.6 Å². The van der Waals surface area contributed by atoms with Crippen molar-refractivity contribution in [3.63, 3.8) is 0 Å². The minimum absolute atomic E-state index is 0.0992. The summed E-state index contributed by atoms with van der Waals surface area (Å²) >= 11 is 0. The van der Waals surface area contributed by atoms with E-state index < -0.39 is 16.6 Å². The first-order chi connectivity index (χ1) is 16.0. The van der Waals surface area contributed by atoms with E-state index in [1.807, 2.05) is 0 Å². The molecular formula is C26H18O7. The van der Waals surface area contributed by atoms with Crippen LogP contribution in [-0.4, -0.2) is 19.3 Å². The van der Waals surface area contributed by atoms with E-state index in [1.165, 1.54) is 32.8 Å². The van der Waals surface area contributed by atoms with Crippen molar-refractivity contribution in [2.45, 2.75) is 0 Å². The lowest BCUT2D eigenvalue weighted by Gasteiger charge is -2.09. The smallest absolute Gasteiger partial charge is 0.204 e. The quantitative estimate of drug-likeness (QED) is 0.393. The second-order valence-corrected chi connectivity index (χ2v) is 7.39. The number of phenols is 1. The average molecular weight is 442 g/mol. The van der Waals surface area contributed by atoms with Gasteiger partial charge in [0.25, 0.3) is 0 Å². The number of rotatable bonds is 4. The Morgan fingerprint density at radius 2 is 1.15 bits per heavy atom. The highest BCUT2D eigenvalue weighted by atomic mass is 16.5. The van der Waals surface area contributed by atoms with Crippen molar-refractivity contribution in [3.8, 4) is 39.5 Å². The summed E-state index contributed by atoms with van der Waals surface area (Å²) in [5.74, 6) is 0.649. The van der Waals surface area contributed by atoms with Crippen molar-refractivity contribution >= 4 is 21.9 Å². The van der Waals surface area contributed by atoms with E-state index in [-0.39, 0.29) is 33.1 Å². The SMILES string of the molecule is COc1cccc(-c2coc3cc4occ(-c5cccc(OC)c5)c(=O)c4c(O)c3c2=O)c1. The van der Waals surface area contributed by atoms with Crippen LogP contribution in [0.25, 0.3) is 44.2 Å². The average Bonchev–Trinajstić information content (AvgIpc) is 2.84. The van der Waals surface area contributed by atoms with Gasteiger partial charge >= 0.3 is 0 Å². The predicted octanol–water partition coefficient (Wildman–Crippen LogP) is 4.96. The zero-order valence-corrected chi connectivity index (χ0v) is 17.7. The van der Waals surface area contributed by atoms with Gasteiger partial charge in [-0.05, 0) is 35.4 Å². The largest absolute Gasteiger partial charge is 0.506 e. The van der Waals surface area contributed by atoms with Crippen LogP contribution in [0.3, 0.4) is 0 Å². The van der Waals surface area contributed by atoms with Crippen molar-refractivity contribution in [1.29, 1.82) is 0 Å². The second kappa shape index (κ2) is 7.87. The van der Waals surface area contributed by atoms with Crippen molar-refractivity contribution in [2.75, 3.05) is 14.2 Å². The maximum atomic E-state index is 13.3. The summed E-state index contributed by atoms with van der Waals surface area (Å²) in [5, 5.41) is 10.8. The van der Waals surface area contributed by atoms with Crippen LogP contribution in [-0.2, 0) is 0 Å². The molecule has 0 radical (unpaired) electrons. The van der Waals surface area contributed by atoms with Crippen LogP contribution in [0.5, 0.6) is 17.2 Å². The Labute approximate surface area is 187 Å². The molecule has 0 spiro atoms. The highest BCUT2D eigenvalue weighted by molar-refractivity contribution is 6.02. The van der Waals surface area contributed by atoms with E-state index in [4.69, 9.17) is 18.3 Å². The molecule has 33 heavy (non-hydrogen) atoms. The number of hydrogen-bond donors (Lipinski definition) is 1. The van der Waals surface area contributed by atoms with Gasteiger partial charge in [0.2, 0.25) is 10.9 Å². The van der Waals surface area contributed by atoms with Gasteiger partial charge in [0.15, 0.2) is 0 Å². The fraction of sp³-hybridized carbons (Fsp3) is 0.0769. The number of ether oxygens (including phenoxy) is 2. The third kappa shape index (κ3) is 3.30. The van der Waals surface area contributed by atoms with Crippen LogP contribution in [0, 0.1) is 0 Å². The lowest BCUT2D eigenvalue weighted by Crippen LogP contribution is -2.09. The number of hydrogen-bond acceptors (Lipinski definition) is 7. The zero-order valence-electron chi connectivity index (χ0n) is 17.7. The Morgan fingerprint density at radius 1 is 0.697 bits per heavy atom. The van der Waals surface area contributed by atoms with Crippen LogP contribution in [0.4, 0.5) is 0 Å². The molecule has 0 saturated heterocycles. The molecule has 0 atom stereocenters. The molecule has 0 amide bonds. The van der Waals surface area contributed by atoms with Gasteiger partial charge in [0.05, 0.1) is 25.3 Å². The molecule has 7 heteroatoms. The standard InChI is InChI=1S/C26H18O7/c1-30-16-7-3-5-14(9-16)18-12-32-20-11-21-23(26(29)22(20)24(18)27)25(28)19(13-33-21)15-6-4-8-17(10-15)31-2/h3-13,29H,1-2H3. The summed E-state index contributed by atoms with van der Waals surface area (Å²) in [5.41, 5.74) is 0.824. The number of phenolic OH excluding ortho intramolecular Hbond substituents is 1. The van der Waals surface area contributed by atoms with Crippen LogP contribution >= 0.6 is 0 Å². The second-order valence-electron chi connectivity index (χ2n) is 7.39.